The van der Waals surface area contributed by atoms with Crippen molar-refractivity contribution < 1.29 is 18.0 Å². The number of nitrogens with zero attached hydrogens (tertiary/aromatic N) is 3. The highest BCUT2D eigenvalue weighted by atomic mass is 19.4. The number of amides is 1. The number of aromatic nitrogens is 2. The van der Waals surface area contributed by atoms with E-state index in [1.807, 2.05) is 0 Å². The summed E-state index contributed by atoms with van der Waals surface area (Å²) >= 11 is 0. The lowest BCUT2D eigenvalue weighted by Gasteiger charge is -2.26. The summed E-state index contributed by atoms with van der Waals surface area (Å²) in [7, 11) is 0. The van der Waals surface area contributed by atoms with E-state index in [0.29, 0.717) is 13.1 Å². The summed E-state index contributed by atoms with van der Waals surface area (Å²) in [6, 6.07) is 0. The van der Waals surface area contributed by atoms with Crippen LogP contribution in [-0.2, 0) is 6.54 Å². The zero-order valence-corrected chi connectivity index (χ0v) is 10.7. The Balaban J connectivity index is 2.02. The Labute approximate surface area is 113 Å². The molecule has 0 fully saturated rings. The fourth-order valence-corrected chi connectivity index (χ4v) is 2.01. The molecular formula is C12H15F3N4O. The van der Waals surface area contributed by atoms with Crippen LogP contribution in [0.5, 0.6) is 0 Å². The summed E-state index contributed by atoms with van der Waals surface area (Å²) in [4.78, 5) is 17.4. The summed E-state index contributed by atoms with van der Waals surface area (Å²) < 4.78 is 39.1. The SMILES string of the molecule is NCCn1cnc(C(=O)N2CC=C(C(F)(F)F)CC2)c1. The molecule has 110 valence electrons. The van der Waals surface area contributed by atoms with E-state index in [1.165, 1.54) is 11.2 Å². The van der Waals surface area contributed by atoms with Crippen LogP contribution in [0.25, 0.3) is 0 Å². The standard InChI is InChI=1S/C12H15F3N4O/c13-12(14,15)9-1-4-19(5-2-9)11(20)10-7-18(6-3-16)8-17-10/h1,7-8H,2-6,16H2. The Bertz CT molecular complexity index is 521. The van der Waals surface area contributed by atoms with Crippen LogP contribution in [0.15, 0.2) is 24.2 Å². The van der Waals surface area contributed by atoms with Gasteiger partial charge in [0, 0.05) is 37.9 Å². The Morgan fingerprint density at radius 2 is 2.20 bits per heavy atom. The second-order valence-electron chi connectivity index (χ2n) is 4.51. The molecule has 0 spiro atoms. The van der Waals surface area contributed by atoms with Crippen LogP contribution in [0.1, 0.15) is 16.9 Å². The van der Waals surface area contributed by atoms with Crippen molar-refractivity contribution in [2.75, 3.05) is 19.6 Å². The zero-order chi connectivity index (χ0) is 14.8. The third-order valence-electron chi connectivity index (χ3n) is 3.10. The maximum Gasteiger partial charge on any atom is 0.412 e. The molecule has 5 nitrogen and oxygen atoms in total. The Morgan fingerprint density at radius 1 is 1.45 bits per heavy atom. The van der Waals surface area contributed by atoms with E-state index in [-0.39, 0.29) is 31.1 Å². The van der Waals surface area contributed by atoms with Crippen molar-refractivity contribution in [1.29, 1.82) is 0 Å². The van der Waals surface area contributed by atoms with Gasteiger partial charge in [-0.1, -0.05) is 6.08 Å². The van der Waals surface area contributed by atoms with Gasteiger partial charge >= 0.3 is 6.18 Å². The lowest BCUT2D eigenvalue weighted by Crippen LogP contribution is -2.37. The van der Waals surface area contributed by atoms with Crippen molar-refractivity contribution in [2.45, 2.75) is 19.1 Å². The fourth-order valence-electron chi connectivity index (χ4n) is 2.01. The maximum atomic E-state index is 12.5. The molecule has 0 radical (unpaired) electrons. The minimum absolute atomic E-state index is 0.0442. The highest BCUT2D eigenvalue weighted by Gasteiger charge is 2.35. The van der Waals surface area contributed by atoms with Crippen molar-refractivity contribution in [3.05, 3.63) is 29.9 Å². The van der Waals surface area contributed by atoms with Gasteiger partial charge in [-0.05, 0) is 6.42 Å². The molecule has 0 bridgehead atoms. The third-order valence-corrected chi connectivity index (χ3v) is 3.10. The minimum atomic E-state index is -4.31. The molecule has 0 aromatic carbocycles. The average molecular weight is 288 g/mol. The van der Waals surface area contributed by atoms with Gasteiger partial charge in [0.2, 0.25) is 0 Å². The number of carbonyl (C=O) groups is 1. The van der Waals surface area contributed by atoms with Gasteiger partial charge in [0.15, 0.2) is 0 Å². The van der Waals surface area contributed by atoms with Gasteiger partial charge in [0.25, 0.3) is 5.91 Å². The molecule has 2 N–H and O–H groups in total. The summed E-state index contributed by atoms with van der Waals surface area (Å²) in [6.45, 7) is 0.967. The number of alkyl halides is 3. The first-order valence-corrected chi connectivity index (χ1v) is 6.19. The Hall–Kier alpha value is -1.83. The van der Waals surface area contributed by atoms with Crippen LogP contribution in [0.3, 0.4) is 0 Å². The molecule has 0 saturated carbocycles. The molecule has 1 amide bonds. The molecule has 0 unspecified atom stereocenters. The number of hydrogen-bond donors (Lipinski definition) is 1. The van der Waals surface area contributed by atoms with Crippen LogP contribution in [0, 0.1) is 0 Å². The van der Waals surface area contributed by atoms with Crippen LogP contribution in [-0.4, -0.2) is 46.2 Å². The van der Waals surface area contributed by atoms with Gasteiger partial charge < -0.3 is 15.2 Å². The van der Waals surface area contributed by atoms with Crippen molar-refractivity contribution in [2.24, 2.45) is 5.73 Å². The molecule has 1 aromatic heterocycles. The van der Waals surface area contributed by atoms with E-state index in [4.69, 9.17) is 5.73 Å². The van der Waals surface area contributed by atoms with Crippen LogP contribution < -0.4 is 5.73 Å². The number of halogens is 3. The number of rotatable bonds is 3. The maximum absolute atomic E-state index is 12.5. The molecule has 0 saturated heterocycles. The third kappa shape index (κ3) is 3.19. The first-order valence-electron chi connectivity index (χ1n) is 6.19. The van der Waals surface area contributed by atoms with Crippen molar-refractivity contribution in [3.63, 3.8) is 0 Å². The lowest BCUT2D eigenvalue weighted by molar-refractivity contribution is -0.0957. The molecule has 1 aliphatic rings. The van der Waals surface area contributed by atoms with E-state index in [2.05, 4.69) is 4.98 Å². The topological polar surface area (TPSA) is 64.2 Å². The highest BCUT2D eigenvalue weighted by molar-refractivity contribution is 5.92. The molecule has 2 rings (SSSR count). The van der Waals surface area contributed by atoms with E-state index in [1.54, 1.807) is 10.8 Å². The first-order chi connectivity index (χ1) is 9.41. The van der Waals surface area contributed by atoms with Gasteiger partial charge in [0.05, 0.1) is 6.33 Å². The smallest absolute Gasteiger partial charge is 0.335 e. The van der Waals surface area contributed by atoms with Gasteiger partial charge in [0.1, 0.15) is 5.69 Å². The molecule has 20 heavy (non-hydrogen) atoms. The van der Waals surface area contributed by atoms with Gasteiger partial charge in [-0.2, -0.15) is 13.2 Å². The predicted molar refractivity (Wildman–Crippen MR) is 65.9 cm³/mol. The summed E-state index contributed by atoms with van der Waals surface area (Å²) in [5.74, 6) is -0.363. The van der Waals surface area contributed by atoms with Gasteiger partial charge in [-0.25, -0.2) is 4.98 Å². The minimum Gasteiger partial charge on any atom is -0.335 e. The predicted octanol–water partition coefficient (Wildman–Crippen LogP) is 1.18. The Kier molecular flexibility index (Phi) is 4.12. The summed E-state index contributed by atoms with van der Waals surface area (Å²) in [5.41, 5.74) is 5.04. The molecule has 8 heteroatoms. The summed E-state index contributed by atoms with van der Waals surface area (Å²) in [6.07, 6.45) is -0.395. The second-order valence-corrected chi connectivity index (χ2v) is 4.51. The number of imidazole rings is 1. The van der Waals surface area contributed by atoms with E-state index in [0.717, 1.165) is 6.08 Å². The Morgan fingerprint density at radius 3 is 2.75 bits per heavy atom. The quantitative estimate of drug-likeness (QED) is 0.849. The highest BCUT2D eigenvalue weighted by Crippen LogP contribution is 2.30. The van der Waals surface area contributed by atoms with Crippen LogP contribution >= 0.6 is 0 Å². The van der Waals surface area contributed by atoms with Crippen LogP contribution in [0.4, 0.5) is 13.2 Å². The molecule has 0 atom stereocenters. The lowest BCUT2D eigenvalue weighted by atomic mass is 10.1. The number of carbonyl (C=O) groups excluding carboxylic acids is 1. The largest absolute Gasteiger partial charge is 0.412 e. The molecular weight excluding hydrogens is 273 g/mol. The average Bonchev–Trinajstić information content (AvgIpc) is 2.86. The summed E-state index contributed by atoms with van der Waals surface area (Å²) in [5, 5.41) is 0. The molecule has 2 heterocycles. The second kappa shape index (κ2) is 5.66. The van der Waals surface area contributed by atoms with Crippen molar-refractivity contribution in [1.82, 2.24) is 14.5 Å². The molecule has 1 aliphatic heterocycles. The van der Waals surface area contributed by atoms with E-state index < -0.39 is 11.7 Å². The van der Waals surface area contributed by atoms with Crippen LogP contribution in [0.2, 0.25) is 0 Å². The van der Waals surface area contributed by atoms with E-state index in [9.17, 15) is 18.0 Å². The van der Waals surface area contributed by atoms with E-state index >= 15 is 0 Å². The zero-order valence-electron chi connectivity index (χ0n) is 10.7. The number of nitrogens with two attached hydrogens (primary N) is 1. The van der Waals surface area contributed by atoms with Crippen molar-refractivity contribution >= 4 is 5.91 Å². The number of hydrogen-bond acceptors (Lipinski definition) is 3. The molecule has 0 aliphatic carbocycles. The monoisotopic (exact) mass is 288 g/mol. The van der Waals surface area contributed by atoms with Gasteiger partial charge in [-0.15, -0.1) is 0 Å². The van der Waals surface area contributed by atoms with Crippen molar-refractivity contribution in [3.8, 4) is 0 Å². The first kappa shape index (κ1) is 14.6. The molecule has 1 aromatic rings. The van der Waals surface area contributed by atoms with Gasteiger partial charge in [-0.3, -0.25) is 4.79 Å². The fraction of sp³-hybridized carbons (Fsp3) is 0.500. The normalized spacial score (nSPS) is 16.2.